The molecular formula is C14H19NO2. The molecule has 0 saturated heterocycles. The van der Waals surface area contributed by atoms with E-state index in [9.17, 15) is 4.79 Å². The summed E-state index contributed by atoms with van der Waals surface area (Å²) in [7, 11) is 0. The molecule has 0 aromatic heterocycles. The number of allylic oxidation sites excluding steroid dienone is 1. The first-order valence-electron chi connectivity index (χ1n) is 5.66. The maximum Gasteiger partial charge on any atom is 0.323 e. The maximum atomic E-state index is 10.9. The number of benzene rings is 1. The molecule has 1 unspecified atom stereocenters. The lowest BCUT2D eigenvalue weighted by atomic mass is 9.93. The zero-order chi connectivity index (χ0) is 12.9. The summed E-state index contributed by atoms with van der Waals surface area (Å²) >= 11 is 0. The molecule has 0 fully saturated rings. The molecule has 0 aliphatic heterocycles. The Morgan fingerprint density at radius 3 is 2.41 bits per heavy atom. The van der Waals surface area contributed by atoms with Gasteiger partial charge in [0, 0.05) is 6.42 Å². The molecule has 3 heteroatoms. The van der Waals surface area contributed by atoms with Crippen molar-refractivity contribution in [3.8, 4) is 0 Å². The summed E-state index contributed by atoms with van der Waals surface area (Å²) in [5.41, 5.74) is 6.66. The number of rotatable bonds is 6. The summed E-state index contributed by atoms with van der Waals surface area (Å²) in [6.45, 7) is 5.21. The number of hydrogen-bond acceptors (Lipinski definition) is 2. The lowest BCUT2D eigenvalue weighted by Gasteiger charge is -2.19. The van der Waals surface area contributed by atoms with Crippen LogP contribution in [0.15, 0.2) is 36.9 Å². The van der Waals surface area contributed by atoms with Crippen molar-refractivity contribution in [2.75, 3.05) is 0 Å². The van der Waals surface area contributed by atoms with Crippen molar-refractivity contribution < 1.29 is 9.90 Å². The van der Waals surface area contributed by atoms with Crippen LogP contribution in [-0.4, -0.2) is 16.6 Å². The summed E-state index contributed by atoms with van der Waals surface area (Å²) in [4.78, 5) is 10.9. The lowest BCUT2D eigenvalue weighted by Crippen LogP contribution is -2.46. The Balaban J connectivity index is 2.68. The number of carbonyl (C=O) groups is 1. The molecule has 0 aliphatic rings. The van der Waals surface area contributed by atoms with E-state index in [0.29, 0.717) is 6.42 Å². The molecule has 0 radical (unpaired) electrons. The largest absolute Gasteiger partial charge is 0.480 e. The van der Waals surface area contributed by atoms with Crippen molar-refractivity contribution in [1.82, 2.24) is 0 Å². The highest BCUT2D eigenvalue weighted by atomic mass is 16.4. The minimum absolute atomic E-state index is 0.337. The highest BCUT2D eigenvalue weighted by Gasteiger charge is 2.27. The van der Waals surface area contributed by atoms with Crippen LogP contribution in [0.1, 0.15) is 24.5 Å². The monoisotopic (exact) mass is 233 g/mol. The van der Waals surface area contributed by atoms with Crippen molar-refractivity contribution in [1.29, 1.82) is 0 Å². The first-order valence-corrected chi connectivity index (χ1v) is 5.66. The van der Waals surface area contributed by atoms with E-state index >= 15 is 0 Å². The average Bonchev–Trinajstić information content (AvgIpc) is 2.27. The zero-order valence-electron chi connectivity index (χ0n) is 10.1. The molecule has 1 aromatic carbocycles. The smallest absolute Gasteiger partial charge is 0.323 e. The number of carboxylic acid groups (broad SMARTS) is 1. The predicted octanol–water partition coefficient (Wildman–Crippen LogP) is 2.15. The van der Waals surface area contributed by atoms with Crippen molar-refractivity contribution >= 4 is 5.97 Å². The minimum Gasteiger partial charge on any atom is -0.480 e. The second-order valence-corrected chi connectivity index (χ2v) is 4.54. The second kappa shape index (κ2) is 5.64. The maximum absolute atomic E-state index is 10.9. The summed E-state index contributed by atoms with van der Waals surface area (Å²) in [5, 5.41) is 8.94. The molecule has 0 amide bonds. The van der Waals surface area contributed by atoms with Crippen LogP contribution in [0, 0.1) is 0 Å². The standard InChI is InChI=1S/C14H19NO2/c1-3-4-5-11-6-8-12(9-7-11)10-14(2,15)13(16)17/h3,6-9H,1,4-5,10,15H2,2H3,(H,16,17). The number of aliphatic carboxylic acids is 1. The van der Waals surface area contributed by atoms with Gasteiger partial charge < -0.3 is 10.8 Å². The highest BCUT2D eigenvalue weighted by molar-refractivity contribution is 5.78. The van der Waals surface area contributed by atoms with Crippen LogP contribution in [-0.2, 0) is 17.6 Å². The average molecular weight is 233 g/mol. The Bertz CT molecular complexity index is 393. The fraction of sp³-hybridized carbons (Fsp3) is 0.357. The normalized spacial score (nSPS) is 14.0. The number of hydrogen-bond donors (Lipinski definition) is 2. The van der Waals surface area contributed by atoms with E-state index in [-0.39, 0.29) is 0 Å². The SMILES string of the molecule is C=CCCc1ccc(CC(C)(N)C(=O)O)cc1. The van der Waals surface area contributed by atoms with E-state index in [1.54, 1.807) is 0 Å². The second-order valence-electron chi connectivity index (χ2n) is 4.54. The minimum atomic E-state index is -1.21. The van der Waals surface area contributed by atoms with Gasteiger partial charge >= 0.3 is 5.97 Å². The van der Waals surface area contributed by atoms with E-state index in [2.05, 4.69) is 6.58 Å². The molecule has 0 bridgehead atoms. The number of nitrogens with two attached hydrogens (primary N) is 1. The Hall–Kier alpha value is -1.61. The third-order valence-electron chi connectivity index (χ3n) is 2.72. The van der Waals surface area contributed by atoms with Gasteiger partial charge in [-0.25, -0.2) is 0 Å². The van der Waals surface area contributed by atoms with Gasteiger partial charge in [0.05, 0.1) is 0 Å². The van der Waals surface area contributed by atoms with E-state index in [0.717, 1.165) is 18.4 Å². The van der Waals surface area contributed by atoms with E-state index in [4.69, 9.17) is 10.8 Å². The molecule has 1 aromatic rings. The van der Waals surface area contributed by atoms with Gasteiger partial charge in [0.1, 0.15) is 5.54 Å². The molecule has 1 rings (SSSR count). The molecule has 3 N–H and O–H groups in total. The van der Waals surface area contributed by atoms with Gasteiger partial charge in [0.25, 0.3) is 0 Å². The van der Waals surface area contributed by atoms with Crippen LogP contribution < -0.4 is 5.73 Å². The molecule has 3 nitrogen and oxygen atoms in total. The number of aryl methyl sites for hydroxylation is 1. The van der Waals surface area contributed by atoms with Crippen LogP contribution in [0.25, 0.3) is 0 Å². The lowest BCUT2D eigenvalue weighted by molar-refractivity contribution is -0.142. The van der Waals surface area contributed by atoms with Crippen LogP contribution in [0.4, 0.5) is 0 Å². The summed E-state index contributed by atoms with van der Waals surface area (Å²) in [6.07, 6.45) is 4.13. The van der Waals surface area contributed by atoms with E-state index in [1.807, 2.05) is 30.3 Å². The van der Waals surface area contributed by atoms with Gasteiger partial charge in [0.15, 0.2) is 0 Å². The topological polar surface area (TPSA) is 63.3 Å². The van der Waals surface area contributed by atoms with Crippen LogP contribution in [0.5, 0.6) is 0 Å². The molecule has 1 atom stereocenters. The van der Waals surface area contributed by atoms with Gasteiger partial charge in [0.2, 0.25) is 0 Å². The highest BCUT2D eigenvalue weighted by Crippen LogP contribution is 2.13. The summed E-state index contributed by atoms with van der Waals surface area (Å²) in [6, 6.07) is 7.90. The van der Waals surface area contributed by atoms with Crippen molar-refractivity contribution in [2.45, 2.75) is 31.7 Å². The van der Waals surface area contributed by atoms with Gasteiger partial charge in [-0.05, 0) is 30.9 Å². The fourth-order valence-electron chi connectivity index (χ4n) is 1.59. The van der Waals surface area contributed by atoms with Crippen LogP contribution in [0.3, 0.4) is 0 Å². The zero-order valence-corrected chi connectivity index (χ0v) is 10.1. The van der Waals surface area contributed by atoms with Gasteiger partial charge in [-0.1, -0.05) is 30.3 Å². The molecule has 0 saturated carbocycles. The predicted molar refractivity (Wildman–Crippen MR) is 68.9 cm³/mol. The molecular weight excluding hydrogens is 214 g/mol. The van der Waals surface area contributed by atoms with Crippen molar-refractivity contribution in [3.63, 3.8) is 0 Å². The third kappa shape index (κ3) is 4.04. The quantitative estimate of drug-likeness (QED) is 0.740. The number of carboxylic acids is 1. The van der Waals surface area contributed by atoms with Crippen LogP contribution >= 0.6 is 0 Å². The van der Waals surface area contributed by atoms with Gasteiger partial charge in [-0.15, -0.1) is 6.58 Å². The van der Waals surface area contributed by atoms with E-state index < -0.39 is 11.5 Å². The van der Waals surface area contributed by atoms with Gasteiger partial charge in [-0.3, -0.25) is 4.79 Å². The Kier molecular flexibility index (Phi) is 4.46. The fourth-order valence-corrected chi connectivity index (χ4v) is 1.59. The summed E-state index contributed by atoms with van der Waals surface area (Å²) in [5.74, 6) is -0.978. The first kappa shape index (κ1) is 13.5. The molecule has 17 heavy (non-hydrogen) atoms. The van der Waals surface area contributed by atoms with Crippen molar-refractivity contribution in [2.24, 2.45) is 5.73 Å². The Morgan fingerprint density at radius 2 is 1.94 bits per heavy atom. The third-order valence-corrected chi connectivity index (χ3v) is 2.72. The van der Waals surface area contributed by atoms with Crippen LogP contribution in [0.2, 0.25) is 0 Å². The first-order chi connectivity index (χ1) is 7.95. The molecule has 92 valence electrons. The molecule has 0 heterocycles. The molecule has 0 aliphatic carbocycles. The summed E-state index contributed by atoms with van der Waals surface area (Å²) < 4.78 is 0. The Morgan fingerprint density at radius 1 is 1.41 bits per heavy atom. The van der Waals surface area contributed by atoms with Gasteiger partial charge in [-0.2, -0.15) is 0 Å². The molecule has 0 spiro atoms. The van der Waals surface area contributed by atoms with E-state index in [1.165, 1.54) is 12.5 Å². The Labute approximate surface area is 102 Å². The van der Waals surface area contributed by atoms with Crippen molar-refractivity contribution in [3.05, 3.63) is 48.0 Å².